The van der Waals surface area contributed by atoms with E-state index in [1.807, 2.05) is 0 Å². The quantitative estimate of drug-likeness (QED) is 0.494. The minimum atomic E-state index is 0.392. The molecular formula is C6H10O3. The molecule has 0 radical (unpaired) electrons. The predicted octanol–water partition coefficient (Wildman–Crippen LogP) is -0.199. The summed E-state index contributed by atoms with van der Waals surface area (Å²) in [6.45, 7) is 3.26. The van der Waals surface area contributed by atoms with Crippen molar-refractivity contribution < 1.29 is 14.2 Å². The zero-order chi connectivity index (χ0) is 6.10. The van der Waals surface area contributed by atoms with Crippen LogP contribution in [0.3, 0.4) is 0 Å². The van der Waals surface area contributed by atoms with E-state index in [0.717, 1.165) is 26.4 Å². The summed E-state index contributed by atoms with van der Waals surface area (Å²) in [5, 5.41) is 0. The third-order valence-electron chi connectivity index (χ3n) is 1.41. The monoisotopic (exact) mass is 130 g/mol. The van der Waals surface area contributed by atoms with Gasteiger partial charge in [-0.05, 0) is 0 Å². The molecule has 0 bridgehead atoms. The molecule has 9 heavy (non-hydrogen) atoms. The molecule has 2 rings (SSSR count). The fourth-order valence-corrected chi connectivity index (χ4v) is 0.659. The van der Waals surface area contributed by atoms with Crippen LogP contribution < -0.4 is 0 Å². The van der Waals surface area contributed by atoms with E-state index in [4.69, 9.17) is 14.2 Å². The van der Waals surface area contributed by atoms with Crippen LogP contribution in [0.25, 0.3) is 0 Å². The maximum Gasteiger partial charge on any atom is 0.104 e. The molecule has 0 unspecified atom stereocenters. The molecule has 2 fully saturated rings. The van der Waals surface area contributed by atoms with Gasteiger partial charge in [0.2, 0.25) is 0 Å². The smallest absolute Gasteiger partial charge is 0.104 e. The molecule has 52 valence electrons. The van der Waals surface area contributed by atoms with Gasteiger partial charge in [-0.15, -0.1) is 0 Å². The number of rotatable bonds is 4. The van der Waals surface area contributed by atoms with Crippen molar-refractivity contribution in [2.75, 3.05) is 26.4 Å². The van der Waals surface area contributed by atoms with Crippen molar-refractivity contribution in [3.05, 3.63) is 0 Å². The minimum Gasteiger partial charge on any atom is -0.376 e. The van der Waals surface area contributed by atoms with Crippen molar-refractivity contribution in [1.82, 2.24) is 0 Å². The second-order valence-corrected chi connectivity index (χ2v) is 2.45. The second kappa shape index (κ2) is 2.25. The van der Waals surface area contributed by atoms with Crippen molar-refractivity contribution in [2.24, 2.45) is 0 Å². The summed E-state index contributed by atoms with van der Waals surface area (Å²) < 4.78 is 15.1. The average molecular weight is 130 g/mol. The lowest BCUT2D eigenvalue weighted by Crippen LogP contribution is -2.06. The summed E-state index contributed by atoms with van der Waals surface area (Å²) in [5.74, 6) is 0. The third kappa shape index (κ3) is 1.93. The van der Waals surface area contributed by atoms with Gasteiger partial charge >= 0.3 is 0 Å². The Labute approximate surface area is 53.9 Å². The Bertz CT molecular complexity index is 84.5. The van der Waals surface area contributed by atoms with Gasteiger partial charge in [-0.2, -0.15) is 0 Å². The predicted molar refractivity (Wildman–Crippen MR) is 30.3 cm³/mol. The molecule has 0 aliphatic carbocycles. The summed E-state index contributed by atoms with van der Waals surface area (Å²) in [6, 6.07) is 0. The van der Waals surface area contributed by atoms with Crippen LogP contribution in [0.4, 0.5) is 0 Å². The number of hydrogen-bond acceptors (Lipinski definition) is 3. The molecule has 2 aliphatic rings. The van der Waals surface area contributed by atoms with E-state index in [-0.39, 0.29) is 0 Å². The Morgan fingerprint density at radius 3 is 1.89 bits per heavy atom. The Morgan fingerprint density at radius 1 is 1.11 bits per heavy atom. The van der Waals surface area contributed by atoms with Gasteiger partial charge in [0.1, 0.15) is 12.2 Å². The zero-order valence-electron chi connectivity index (χ0n) is 5.21. The molecule has 2 atom stereocenters. The van der Waals surface area contributed by atoms with E-state index in [2.05, 4.69) is 0 Å². The Balaban J connectivity index is 1.46. The number of epoxide rings is 2. The molecule has 0 aromatic rings. The summed E-state index contributed by atoms with van der Waals surface area (Å²) in [4.78, 5) is 0. The van der Waals surface area contributed by atoms with Gasteiger partial charge < -0.3 is 14.2 Å². The Morgan fingerprint density at radius 2 is 1.56 bits per heavy atom. The van der Waals surface area contributed by atoms with Crippen LogP contribution in [0.5, 0.6) is 0 Å². The van der Waals surface area contributed by atoms with Crippen LogP contribution in [0.2, 0.25) is 0 Å². The Kier molecular flexibility index (Phi) is 1.41. The summed E-state index contributed by atoms with van der Waals surface area (Å²) >= 11 is 0. The van der Waals surface area contributed by atoms with E-state index in [1.54, 1.807) is 0 Å². The van der Waals surface area contributed by atoms with Crippen LogP contribution in [0.1, 0.15) is 0 Å². The molecule has 0 saturated carbocycles. The molecule has 0 spiro atoms. The molecule has 2 aliphatic heterocycles. The topological polar surface area (TPSA) is 34.3 Å². The standard InChI is InChI=1S/C6H10O3/c1(5-3-8-5)7-2-6-4-9-6/h5-6H,1-4H2/t5-,6-/m1/s1. The fraction of sp³-hybridized carbons (Fsp3) is 1.00. The van der Waals surface area contributed by atoms with Gasteiger partial charge in [-0.3, -0.25) is 0 Å². The molecule has 0 amide bonds. The van der Waals surface area contributed by atoms with Crippen molar-refractivity contribution in [3.8, 4) is 0 Å². The highest BCUT2D eigenvalue weighted by molar-refractivity contribution is 4.71. The largest absolute Gasteiger partial charge is 0.376 e. The van der Waals surface area contributed by atoms with Gasteiger partial charge in [0.25, 0.3) is 0 Å². The molecule has 3 nitrogen and oxygen atoms in total. The summed E-state index contributed by atoms with van der Waals surface area (Å²) in [7, 11) is 0. The SMILES string of the molecule is C(OC[C@@H]1CO1)[C@@H]1CO1. The van der Waals surface area contributed by atoms with E-state index in [1.165, 1.54) is 0 Å². The fourth-order valence-electron chi connectivity index (χ4n) is 0.659. The lowest BCUT2D eigenvalue weighted by atomic mass is 10.5. The highest BCUT2D eigenvalue weighted by Gasteiger charge is 2.26. The zero-order valence-corrected chi connectivity index (χ0v) is 5.21. The van der Waals surface area contributed by atoms with Crippen molar-refractivity contribution in [1.29, 1.82) is 0 Å². The second-order valence-electron chi connectivity index (χ2n) is 2.45. The van der Waals surface area contributed by atoms with Gasteiger partial charge in [0.15, 0.2) is 0 Å². The van der Waals surface area contributed by atoms with Crippen LogP contribution in [-0.4, -0.2) is 38.6 Å². The van der Waals surface area contributed by atoms with Gasteiger partial charge in [0, 0.05) is 0 Å². The van der Waals surface area contributed by atoms with Crippen molar-refractivity contribution >= 4 is 0 Å². The average Bonchev–Trinajstić information content (AvgIpc) is 2.57. The van der Waals surface area contributed by atoms with Crippen LogP contribution in [-0.2, 0) is 14.2 Å². The number of ether oxygens (including phenoxy) is 3. The van der Waals surface area contributed by atoms with Crippen molar-refractivity contribution in [2.45, 2.75) is 12.2 Å². The molecule has 0 aromatic heterocycles. The van der Waals surface area contributed by atoms with E-state index in [0.29, 0.717) is 12.2 Å². The maximum atomic E-state index is 5.23. The highest BCUT2D eigenvalue weighted by atomic mass is 16.6. The van der Waals surface area contributed by atoms with Crippen LogP contribution >= 0.6 is 0 Å². The van der Waals surface area contributed by atoms with Gasteiger partial charge in [-0.1, -0.05) is 0 Å². The lowest BCUT2D eigenvalue weighted by molar-refractivity contribution is 0.102. The van der Waals surface area contributed by atoms with E-state index < -0.39 is 0 Å². The van der Waals surface area contributed by atoms with Gasteiger partial charge in [-0.25, -0.2) is 0 Å². The third-order valence-corrected chi connectivity index (χ3v) is 1.41. The summed E-state index contributed by atoms with van der Waals surface area (Å²) in [5.41, 5.74) is 0. The Hall–Kier alpha value is -0.120. The van der Waals surface area contributed by atoms with E-state index >= 15 is 0 Å². The molecule has 0 aromatic carbocycles. The first-order valence-electron chi connectivity index (χ1n) is 3.26. The first-order valence-corrected chi connectivity index (χ1v) is 3.26. The highest BCUT2D eigenvalue weighted by Crippen LogP contribution is 2.12. The normalized spacial score (nSPS) is 38.7. The van der Waals surface area contributed by atoms with E-state index in [9.17, 15) is 0 Å². The maximum absolute atomic E-state index is 5.23. The first-order chi connectivity index (χ1) is 4.45. The molecular weight excluding hydrogens is 120 g/mol. The minimum absolute atomic E-state index is 0.392. The molecule has 3 heteroatoms. The van der Waals surface area contributed by atoms with Crippen LogP contribution in [0.15, 0.2) is 0 Å². The summed E-state index contributed by atoms with van der Waals surface area (Å²) in [6.07, 6.45) is 0.785. The number of hydrogen-bond donors (Lipinski definition) is 0. The van der Waals surface area contributed by atoms with Gasteiger partial charge in [0.05, 0.1) is 26.4 Å². The molecule has 2 heterocycles. The lowest BCUT2D eigenvalue weighted by Gasteiger charge is -1.95. The first kappa shape index (κ1) is 5.65. The molecule has 2 saturated heterocycles. The van der Waals surface area contributed by atoms with Crippen LogP contribution in [0, 0.1) is 0 Å². The van der Waals surface area contributed by atoms with Crippen molar-refractivity contribution in [3.63, 3.8) is 0 Å². The molecule has 0 N–H and O–H groups in total.